The van der Waals surface area contributed by atoms with E-state index in [1.807, 2.05) is 0 Å². The summed E-state index contributed by atoms with van der Waals surface area (Å²) in [5.41, 5.74) is -0.0237. The Morgan fingerprint density at radius 1 is 1.56 bits per heavy atom. The molecule has 1 unspecified atom stereocenters. The van der Waals surface area contributed by atoms with Crippen molar-refractivity contribution in [1.29, 1.82) is 0 Å². The summed E-state index contributed by atoms with van der Waals surface area (Å²) in [6, 6.07) is 0.000487. The number of carbonyl (C=O) groups excluding carboxylic acids is 1. The highest BCUT2D eigenvalue weighted by Gasteiger charge is 2.26. The molecule has 88 valence electrons. The van der Waals surface area contributed by atoms with Gasteiger partial charge in [-0.3, -0.25) is 4.79 Å². The third kappa shape index (κ3) is 2.80. The average Bonchev–Trinajstić information content (AvgIpc) is 2.59. The van der Waals surface area contributed by atoms with Crippen LogP contribution in [0.25, 0.3) is 0 Å². The molecule has 0 spiro atoms. The molecule has 16 heavy (non-hydrogen) atoms. The topological polar surface area (TPSA) is 113 Å². The molecule has 2 atom stereocenters. The molecule has 7 nitrogen and oxygen atoms in total. The largest absolute Gasteiger partial charge is 0.480 e. The third-order valence-electron chi connectivity index (χ3n) is 1.90. The summed E-state index contributed by atoms with van der Waals surface area (Å²) in [7, 11) is 0. The Labute approximate surface area is 91.0 Å². The van der Waals surface area contributed by atoms with Crippen molar-refractivity contribution in [1.82, 2.24) is 10.5 Å². The van der Waals surface area contributed by atoms with Gasteiger partial charge in [0.15, 0.2) is 11.7 Å². The Bertz CT molecular complexity index is 398. The highest BCUT2D eigenvalue weighted by Crippen LogP contribution is 2.02. The van der Waals surface area contributed by atoms with Crippen LogP contribution in [0.5, 0.6) is 0 Å². The molecule has 1 amide bonds. The number of aromatic nitrogens is 1. The Kier molecular flexibility index (Phi) is 3.62. The van der Waals surface area contributed by atoms with E-state index in [0.717, 1.165) is 0 Å². The molecule has 0 aliphatic heterocycles. The monoisotopic (exact) mass is 228 g/mol. The molecule has 1 rings (SSSR count). The molecular weight excluding hydrogens is 216 g/mol. The number of aliphatic carboxylic acids is 1. The van der Waals surface area contributed by atoms with Gasteiger partial charge in [-0.25, -0.2) is 4.79 Å². The fraction of sp³-hybridized carbons (Fsp3) is 0.444. The number of aryl methyl sites for hydroxylation is 1. The molecule has 0 bridgehead atoms. The first-order valence-electron chi connectivity index (χ1n) is 4.57. The SMILES string of the molecule is Cc1cc(C(=O)N[C@H](C(=O)O)C(C)O)no1. The molecule has 3 N–H and O–H groups in total. The number of hydrogen-bond acceptors (Lipinski definition) is 5. The molecule has 1 aromatic rings. The fourth-order valence-corrected chi connectivity index (χ4v) is 1.08. The van der Waals surface area contributed by atoms with E-state index in [1.54, 1.807) is 6.92 Å². The van der Waals surface area contributed by atoms with Crippen LogP contribution in [0.3, 0.4) is 0 Å². The van der Waals surface area contributed by atoms with E-state index in [2.05, 4.69) is 15.0 Å². The lowest BCUT2D eigenvalue weighted by molar-refractivity contribution is -0.141. The number of carbonyl (C=O) groups is 2. The van der Waals surface area contributed by atoms with Crippen molar-refractivity contribution in [3.63, 3.8) is 0 Å². The van der Waals surface area contributed by atoms with E-state index in [0.29, 0.717) is 5.76 Å². The molecule has 0 aliphatic carbocycles. The van der Waals surface area contributed by atoms with Gasteiger partial charge in [0.2, 0.25) is 0 Å². The minimum Gasteiger partial charge on any atom is -0.480 e. The Balaban J connectivity index is 2.73. The number of rotatable bonds is 4. The number of carboxylic acids is 1. The van der Waals surface area contributed by atoms with Crippen molar-refractivity contribution < 1.29 is 24.3 Å². The number of aliphatic hydroxyl groups excluding tert-OH is 1. The predicted octanol–water partition coefficient (Wildman–Crippen LogP) is -0.453. The molecular formula is C9H12N2O5. The summed E-state index contributed by atoms with van der Waals surface area (Å²) >= 11 is 0. The van der Waals surface area contributed by atoms with Crippen LogP contribution in [-0.4, -0.2) is 39.4 Å². The van der Waals surface area contributed by atoms with E-state index >= 15 is 0 Å². The molecule has 0 radical (unpaired) electrons. The molecule has 0 aromatic carbocycles. The number of nitrogens with one attached hydrogen (secondary N) is 1. The van der Waals surface area contributed by atoms with Crippen molar-refractivity contribution in [2.45, 2.75) is 26.0 Å². The summed E-state index contributed by atoms with van der Waals surface area (Å²) in [4.78, 5) is 22.2. The van der Waals surface area contributed by atoms with Gasteiger partial charge in [-0.2, -0.15) is 0 Å². The van der Waals surface area contributed by atoms with Crippen molar-refractivity contribution in [2.24, 2.45) is 0 Å². The standard InChI is InChI=1S/C9H12N2O5/c1-4-3-6(11-16-4)8(13)10-7(5(2)12)9(14)15/h3,5,7,12H,1-2H3,(H,10,13)(H,14,15)/t5?,7-/m0/s1. The summed E-state index contributed by atoms with van der Waals surface area (Å²) in [6.07, 6.45) is -1.20. The van der Waals surface area contributed by atoms with Crippen LogP contribution in [0.1, 0.15) is 23.2 Å². The van der Waals surface area contributed by atoms with Gasteiger partial charge in [-0.05, 0) is 13.8 Å². The number of aliphatic hydroxyl groups is 1. The summed E-state index contributed by atoms with van der Waals surface area (Å²) in [5.74, 6) is -1.58. The lowest BCUT2D eigenvalue weighted by Crippen LogP contribution is -2.47. The number of nitrogens with zero attached hydrogens (tertiary/aromatic N) is 1. The Morgan fingerprint density at radius 2 is 2.19 bits per heavy atom. The second kappa shape index (κ2) is 4.75. The first-order valence-corrected chi connectivity index (χ1v) is 4.57. The van der Waals surface area contributed by atoms with Gasteiger partial charge in [-0.15, -0.1) is 0 Å². The molecule has 0 fully saturated rings. The highest BCUT2D eigenvalue weighted by atomic mass is 16.5. The van der Waals surface area contributed by atoms with E-state index in [9.17, 15) is 9.59 Å². The van der Waals surface area contributed by atoms with Crippen molar-refractivity contribution >= 4 is 11.9 Å². The maximum absolute atomic E-state index is 11.5. The highest BCUT2D eigenvalue weighted by molar-refractivity contribution is 5.95. The molecule has 0 aliphatic rings. The minimum atomic E-state index is -1.37. The van der Waals surface area contributed by atoms with Crippen LogP contribution in [-0.2, 0) is 4.79 Å². The number of hydrogen-bond donors (Lipinski definition) is 3. The zero-order chi connectivity index (χ0) is 12.3. The summed E-state index contributed by atoms with van der Waals surface area (Å²) < 4.78 is 4.67. The average molecular weight is 228 g/mol. The zero-order valence-electron chi connectivity index (χ0n) is 8.80. The van der Waals surface area contributed by atoms with Gasteiger partial charge < -0.3 is 20.1 Å². The van der Waals surface area contributed by atoms with Crippen LogP contribution < -0.4 is 5.32 Å². The summed E-state index contributed by atoms with van der Waals surface area (Å²) in [6.45, 7) is 2.88. The van der Waals surface area contributed by atoms with Gasteiger partial charge >= 0.3 is 5.97 Å². The quantitative estimate of drug-likeness (QED) is 0.643. The van der Waals surface area contributed by atoms with Crippen LogP contribution in [0.2, 0.25) is 0 Å². The molecule has 1 aromatic heterocycles. The normalized spacial score (nSPS) is 14.2. The Hall–Kier alpha value is -1.89. The number of amides is 1. The molecule has 0 saturated heterocycles. The second-order valence-corrected chi connectivity index (χ2v) is 3.35. The van der Waals surface area contributed by atoms with Crippen LogP contribution in [0.4, 0.5) is 0 Å². The maximum Gasteiger partial charge on any atom is 0.328 e. The van der Waals surface area contributed by atoms with E-state index in [1.165, 1.54) is 13.0 Å². The maximum atomic E-state index is 11.5. The van der Waals surface area contributed by atoms with Crippen molar-refractivity contribution in [2.75, 3.05) is 0 Å². The van der Waals surface area contributed by atoms with Crippen LogP contribution in [0, 0.1) is 6.92 Å². The van der Waals surface area contributed by atoms with Crippen molar-refractivity contribution in [3.8, 4) is 0 Å². The van der Waals surface area contributed by atoms with E-state index < -0.39 is 24.0 Å². The van der Waals surface area contributed by atoms with Gasteiger partial charge in [0.25, 0.3) is 5.91 Å². The van der Waals surface area contributed by atoms with Gasteiger partial charge in [0, 0.05) is 6.07 Å². The Morgan fingerprint density at radius 3 is 2.56 bits per heavy atom. The smallest absolute Gasteiger partial charge is 0.328 e. The predicted molar refractivity (Wildman–Crippen MR) is 51.8 cm³/mol. The minimum absolute atomic E-state index is 0.0237. The van der Waals surface area contributed by atoms with Gasteiger partial charge in [0.05, 0.1) is 6.10 Å². The lowest BCUT2D eigenvalue weighted by Gasteiger charge is -2.15. The summed E-state index contributed by atoms with van der Waals surface area (Å²) in [5, 5.41) is 23.4. The fourth-order valence-electron chi connectivity index (χ4n) is 1.08. The van der Waals surface area contributed by atoms with Crippen LogP contribution >= 0.6 is 0 Å². The first kappa shape index (κ1) is 12.2. The van der Waals surface area contributed by atoms with Crippen LogP contribution in [0.15, 0.2) is 10.6 Å². The molecule has 1 heterocycles. The zero-order valence-corrected chi connectivity index (χ0v) is 8.80. The van der Waals surface area contributed by atoms with Gasteiger partial charge in [0.1, 0.15) is 5.76 Å². The van der Waals surface area contributed by atoms with Crippen molar-refractivity contribution in [3.05, 3.63) is 17.5 Å². The first-order chi connectivity index (χ1) is 7.41. The van der Waals surface area contributed by atoms with Gasteiger partial charge in [-0.1, -0.05) is 5.16 Å². The lowest BCUT2D eigenvalue weighted by atomic mass is 10.2. The second-order valence-electron chi connectivity index (χ2n) is 3.35. The molecule has 7 heteroatoms. The molecule has 0 saturated carbocycles. The third-order valence-corrected chi connectivity index (χ3v) is 1.90. The van der Waals surface area contributed by atoms with E-state index in [-0.39, 0.29) is 5.69 Å². The number of carboxylic acid groups (broad SMARTS) is 1. The van der Waals surface area contributed by atoms with E-state index in [4.69, 9.17) is 10.2 Å².